The lowest BCUT2D eigenvalue weighted by Crippen LogP contribution is -2.48. The van der Waals surface area contributed by atoms with Crippen molar-refractivity contribution in [1.29, 1.82) is 0 Å². The predicted molar refractivity (Wildman–Crippen MR) is 118 cm³/mol. The van der Waals surface area contributed by atoms with Crippen molar-refractivity contribution in [2.24, 2.45) is 5.92 Å². The number of rotatable bonds is 9. The van der Waals surface area contributed by atoms with Crippen LogP contribution in [0.3, 0.4) is 0 Å². The molecular weight excluding hydrogens is 430 g/mol. The van der Waals surface area contributed by atoms with E-state index in [2.05, 4.69) is 5.32 Å². The first-order valence-corrected chi connectivity index (χ1v) is 11.2. The first kappa shape index (κ1) is 25.5. The molecule has 8 heteroatoms. The second kappa shape index (κ2) is 10.7. The Labute approximate surface area is 185 Å². The lowest BCUT2D eigenvalue weighted by Gasteiger charge is -2.32. The third-order valence-corrected chi connectivity index (χ3v) is 6.66. The average Bonchev–Trinajstić information content (AvgIpc) is 2.64. The second-order valence-corrected chi connectivity index (χ2v) is 9.35. The molecule has 2 atom stereocenters. The Morgan fingerprint density at radius 3 is 2.32 bits per heavy atom. The lowest BCUT2D eigenvalue weighted by molar-refractivity contribution is -0.285. The van der Waals surface area contributed by atoms with Gasteiger partial charge in [0, 0.05) is 17.9 Å². The second-order valence-electron chi connectivity index (χ2n) is 8.08. The SMILES string of the molecule is C/C(=C\C=C(/C)SCC1CCC1)CC(=O)Nc1ccc(C(O)(C(C)F)C(F)(F)F)cc1. The molecule has 31 heavy (non-hydrogen) atoms. The summed E-state index contributed by atoms with van der Waals surface area (Å²) in [6.07, 6.45) is 0.210. The van der Waals surface area contributed by atoms with E-state index in [1.165, 1.54) is 36.3 Å². The quantitative estimate of drug-likeness (QED) is 0.327. The van der Waals surface area contributed by atoms with E-state index in [9.17, 15) is 27.5 Å². The fourth-order valence-corrected chi connectivity index (χ4v) is 4.16. The number of hydrogen-bond donors (Lipinski definition) is 2. The molecule has 1 aliphatic rings. The van der Waals surface area contributed by atoms with Gasteiger partial charge in [-0.25, -0.2) is 4.39 Å². The Bertz CT molecular complexity index is 814. The first-order valence-electron chi connectivity index (χ1n) is 10.2. The summed E-state index contributed by atoms with van der Waals surface area (Å²) in [6, 6.07) is 4.36. The van der Waals surface area contributed by atoms with Crippen molar-refractivity contribution in [2.45, 2.75) is 64.4 Å². The maximum Gasteiger partial charge on any atom is 0.424 e. The van der Waals surface area contributed by atoms with E-state index in [-0.39, 0.29) is 18.0 Å². The zero-order valence-corrected chi connectivity index (χ0v) is 18.7. The number of anilines is 1. The number of alkyl halides is 4. The highest BCUT2D eigenvalue weighted by Gasteiger charge is 2.59. The fourth-order valence-electron chi connectivity index (χ4n) is 3.16. The van der Waals surface area contributed by atoms with E-state index < -0.39 is 23.5 Å². The van der Waals surface area contributed by atoms with Crippen LogP contribution >= 0.6 is 11.8 Å². The highest BCUT2D eigenvalue weighted by molar-refractivity contribution is 8.03. The van der Waals surface area contributed by atoms with Crippen molar-refractivity contribution in [2.75, 3.05) is 11.1 Å². The number of nitrogens with one attached hydrogen (secondary N) is 1. The zero-order chi connectivity index (χ0) is 23.2. The zero-order valence-electron chi connectivity index (χ0n) is 17.9. The highest BCUT2D eigenvalue weighted by Crippen LogP contribution is 2.43. The van der Waals surface area contributed by atoms with Crippen LogP contribution in [0.1, 0.15) is 52.0 Å². The Kier molecular flexibility index (Phi) is 8.77. The van der Waals surface area contributed by atoms with Crippen LogP contribution in [-0.4, -0.2) is 29.1 Å². The van der Waals surface area contributed by atoms with Crippen molar-refractivity contribution in [3.8, 4) is 0 Å². The van der Waals surface area contributed by atoms with Gasteiger partial charge in [0.25, 0.3) is 0 Å². The van der Waals surface area contributed by atoms with Crippen LogP contribution in [0, 0.1) is 5.92 Å². The molecule has 2 N–H and O–H groups in total. The molecule has 2 unspecified atom stereocenters. The van der Waals surface area contributed by atoms with Crippen molar-refractivity contribution < 1.29 is 27.5 Å². The van der Waals surface area contributed by atoms with Crippen LogP contribution in [0.2, 0.25) is 0 Å². The van der Waals surface area contributed by atoms with E-state index >= 15 is 0 Å². The first-order chi connectivity index (χ1) is 14.4. The van der Waals surface area contributed by atoms with Crippen LogP contribution in [0.4, 0.5) is 23.2 Å². The molecule has 0 heterocycles. The average molecular weight is 460 g/mol. The number of halogens is 4. The monoisotopic (exact) mass is 459 g/mol. The highest BCUT2D eigenvalue weighted by atomic mass is 32.2. The van der Waals surface area contributed by atoms with Crippen LogP contribution in [-0.2, 0) is 10.4 Å². The third-order valence-electron chi connectivity index (χ3n) is 5.43. The third kappa shape index (κ3) is 6.84. The molecule has 1 aromatic rings. The largest absolute Gasteiger partial charge is 0.424 e. The lowest BCUT2D eigenvalue weighted by atomic mass is 9.87. The summed E-state index contributed by atoms with van der Waals surface area (Å²) in [4.78, 5) is 13.4. The summed E-state index contributed by atoms with van der Waals surface area (Å²) in [5.74, 6) is 1.62. The molecule has 172 valence electrons. The molecule has 0 aliphatic heterocycles. The van der Waals surface area contributed by atoms with Crippen molar-refractivity contribution >= 4 is 23.4 Å². The van der Waals surface area contributed by atoms with E-state index in [1.807, 2.05) is 37.8 Å². The van der Waals surface area contributed by atoms with Gasteiger partial charge in [0.2, 0.25) is 11.5 Å². The van der Waals surface area contributed by atoms with Crippen molar-refractivity contribution in [1.82, 2.24) is 0 Å². The van der Waals surface area contributed by atoms with Crippen molar-refractivity contribution in [3.63, 3.8) is 0 Å². The minimum absolute atomic E-state index is 0.132. The number of carbonyl (C=O) groups excluding carboxylic acids is 1. The van der Waals surface area contributed by atoms with Gasteiger partial charge in [-0.1, -0.05) is 36.3 Å². The van der Waals surface area contributed by atoms with Gasteiger partial charge in [-0.3, -0.25) is 4.79 Å². The summed E-state index contributed by atoms with van der Waals surface area (Å²) >= 11 is 1.82. The topological polar surface area (TPSA) is 49.3 Å². The molecule has 0 aromatic heterocycles. The summed E-state index contributed by atoms with van der Waals surface area (Å²) in [7, 11) is 0. The Morgan fingerprint density at radius 1 is 1.23 bits per heavy atom. The maximum atomic E-state index is 13.6. The molecule has 0 saturated heterocycles. The van der Waals surface area contributed by atoms with E-state index in [0.717, 1.165) is 29.4 Å². The summed E-state index contributed by atoms with van der Waals surface area (Å²) in [6.45, 7) is 4.52. The number of hydrogen-bond acceptors (Lipinski definition) is 3. The molecule has 0 spiro atoms. The molecule has 1 aromatic carbocycles. The van der Waals surface area contributed by atoms with Crippen LogP contribution in [0.15, 0.2) is 46.9 Å². The fraction of sp³-hybridized carbons (Fsp3) is 0.522. The molecule has 2 rings (SSSR count). The normalized spacial score (nSPS) is 18.8. The summed E-state index contributed by atoms with van der Waals surface area (Å²) in [5, 5.41) is 12.5. The van der Waals surface area contributed by atoms with Gasteiger partial charge in [-0.15, -0.1) is 11.8 Å². The molecule has 1 amide bonds. The number of carbonyl (C=O) groups is 1. The summed E-state index contributed by atoms with van der Waals surface area (Å²) < 4.78 is 53.1. The van der Waals surface area contributed by atoms with Crippen LogP contribution in [0.5, 0.6) is 0 Å². The van der Waals surface area contributed by atoms with Gasteiger partial charge in [0.05, 0.1) is 0 Å². The maximum absolute atomic E-state index is 13.6. The molecule has 3 nitrogen and oxygen atoms in total. The number of aliphatic hydroxyl groups is 1. The van der Waals surface area contributed by atoms with Gasteiger partial charge in [0.15, 0.2) is 0 Å². The van der Waals surface area contributed by atoms with E-state index in [0.29, 0.717) is 6.92 Å². The minimum atomic E-state index is -5.17. The van der Waals surface area contributed by atoms with Crippen molar-refractivity contribution in [3.05, 3.63) is 52.5 Å². The van der Waals surface area contributed by atoms with Gasteiger partial charge < -0.3 is 10.4 Å². The standard InChI is InChI=1S/C23H29F4NO2S/c1-15(7-8-16(2)31-14-18-5-4-6-18)13-21(29)28-20-11-9-19(10-12-20)22(30,17(3)24)23(25,26)27/h7-12,17-18,30H,4-6,13-14H2,1-3H3,(H,28,29)/b15-7+,16-8+. The van der Waals surface area contributed by atoms with Gasteiger partial charge in [-0.2, -0.15) is 13.2 Å². The van der Waals surface area contributed by atoms with E-state index in [1.54, 1.807) is 0 Å². The molecule has 1 aliphatic carbocycles. The van der Waals surface area contributed by atoms with Gasteiger partial charge in [0.1, 0.15) is 6.17 Å². The molecule has 1 saturated carbocycles. The van der Waals surface area contributed by atoms with Crippen LogP contribution < -0.4 is 5.32 Å². The molecule has 1 fully saturated rings. The Balaban J connectivity index is 1.93. The number of benzene rings is 1. The number of thioether (sulfide) groups is 1. The number of allylic oxidation sites excluding steroid dienone is 3. The Hall–Kier alpha value is -1.80. The van der Waals surface area contributed by atoms with E-state index in [4.69, 9.17) is 0 Å². The minimum Gasteiger partial charge on any atom is -0.374 e. The van der Waals surface area contributed by atoms with Crippen LogP contribution in [0.25, 0.3) is 0 Å². The molecule has 0 bridgehead atoms. The number of amides is 1. The molecular formula is C23H29F4NO2S. The Morgan fingerprint density at radius 2 is 1.84 bits per heavy atom. The molecule has 0 radical (unpaired) electrons. The van der Waals surface area contributed by atoms with Gasteiger partial charge in [-0.05, 0) is 62.1 Å². The summed E-state index contributed by atoms with van der Waals surface area (Å²) in [5.41, 5.74) is -3.12. The van der Waals surface area contributed by atoms with Gasteiger partial charge >= 0.3 is 6.18 Å². The predicted octanol–water partition coefficient (Wildman–Crippen LogP) is 6.51. The smallest absolute Gasteiger partial charge is 0.374 e.